The van der Waals surface area contributed by atoms with Crippen LogP contribution in [-0.4, -0.2) is 7.11 Å². The third-order valence-corrected chi connectivity index (χ3v) is 6.42. The second kappa shape index (κ2) is 8.48. The van der Waals surface area contributed by atoms with Gasteiger partial charge in [-0.3, -0.25) is 0 Å². The summed E-state index contributed by atoms with van der Waals surface area (Å²) in [6.45, 7) is 4.27. The standard InChI is InChI=1S/C29H23NO2.CH4/c1-19-4-14-25-26-15-5-20(2)17-28(26)29(27(25)16-19,21-6-10-23(31-3)11-7-21)22-8-12-24(13-9-22)32-18-30;/h4-17H,1-3H3;1H4. The van der Waals surface area contributed by atoms with Gasteiger partial charge in [0.05, 0.1) is 12.5 Å². The van der Waals surface area contributed by atoms with Crippen molar-refractivity contribution in [2.75, 3.05) is 7.11 Å². The molecule has 0 amide bonds. The van der Waals surface area contributed by atoms with Crippen molar-refractivity contribution >= 4 is 0 Å². The molecule has 0 atom stereocenters. The van der Waals surface area contributed by atoms with Gasteiger partial charge in [-0.05, 0) is 71.5 Å². The van der Waals surface area contributed by atoms with Crippen LogP contribution in [0.25, 0.3) is 11.1 Å². The molecule has 0 bridgehead atoms. The summed E-state index contributed by atoms with van der Waals surface area (Å²) in [5.41, 5.74) is 9.27. The number of hydrogen-bond acceptors (Lipinski definition) is 3. The minimum Gasteiger partial charge on any atom is -0.497 e. The molecule has 0 saturated heterocycles. The lowest BCUT2D eigenvalue weighted by Crippen LogP contribution is -2.28. The molecule has 164 valence electrons. The minimum atomic E-state index is -0.486. The van der Waals surface area contributed by atoms with Crippen LogP contribution in [0.1, 0.15) is 40.8 Å². The lowest BCUT2D eigenvalue weighted by atomic mass is 9.67. The number of nitriles is 1. The number of methoxy groups -OCH3 is 1. The average molecular weight is 434 g/mol. The molecule has 1 aliphatic carbocycles. The lowest BCUT2D eigenvalue weighted by molar-refractivity contribution is 0.414. The second-order valence-corrected chi connectivity index (χ2v) is 8.29. The first-order chi connectivity index (χ1) is 15.6. The highest BCUT2D eigenvalue weighted by Gasteiger charge is 2.46. The van der Waals surface area contributed by atoms with Crippen LogP contribution >= 0.6 is 0 Å². The van der Waals surface area contributed by atoms with Crippen molar-refractivity contribution in [3.05, 3.63) is 118 Å². The highest BCUT2D eigenvalue weighted by Crippen LogP contribution is 2.56. The summed E-state index contributed by atoms with van der Waals surface area (Å²) in [6, 6.07) is 29.6. The highest BCUT2D eigenvalue weighted by atomic mass is 16.5. The Morgan fingerprint density at radius 3 is 1.55 bits per heavy atom. The van der Waals surface area contributed by atoms with Gasteiger partial charge in [-0.15, -0.1) is 5.26 Å². The second-order valence-electron chi connectivity index (χ2n) is 8.29. The monoisotopic (exact) mass is 433 g/mol. The topological polar surface area (TPSA) is 42.2 Å². The van der Waals surface area contributed by atoms with E-state index >= 15 is 0 Å². The van der Waals surface area contributed by atoms with Gasteiger partial charge in [0.15, 0.2) is 0 Å². The van der Waals surface area contributed by atoms with E-state index in [9.17, 15) is 0 Å². The summed E-state index contributed by atoms with van der Waals surface area (Å²) in [5.74, 6) is 1.36. The van der Waals surface area contributed by atoms with E-state index < -0.39 is 5.41 Å². The van der Waals surface area contributed by atoms with Crippen molar-refractivity contribution in [2.45, 2.75) is 26.7 Å². The number of hydrogen-bond donors (Lipinski definition) is 0. The van der Waals surface area contributed by atoms with Crippen LogP contribution in [-0.2, 0) is 5.41 Å². The molecule has 5 rings (SSSR count). The van der Waals surface area contributed by atoms with Gasteiger partial charge in [-0.1, -0.05) is 79.2 Å². The predicted octanol–water partition coefficient (Wildman–Crippen LogP) is 7.17. The first-order valence-corrected chi connectivity index (χ1v) is 10.6. The van der Waals surface area contributed by atoms with E-state index in [4.69, 9.17) is 14.7 Å². The van der Waals surface area contributed by atoms with Gasteiger partial charge >= 0.3 is 0 Å². The van der Waals surface area contributed by atoms with Crippen LogP contribution in [0.3, 0.4) is 0 Å². The smallest absolute Gasteiger partial charge is 0.292 e. The normalized spacial score (nSPS) is 12.7. The van der Waals surface area contributed by atoms with Crippen LogP contribution in [0.2, 0.25) is 0 Å². The van der Waals surface area contributed by atoms with Crippen LogP contribution in [0.15, 0.2) is 84.9 Å². The number of benzene rings is 4. The summed E-state index contributed by atoms with van der Waals surface area (Å²) in [7, 11) is 1.69. The zero-order chi connectivity index (χ0) is 22.3. The quantitative estimate of drug-likeness (QED) is 0.282. The molecular formula is C30H27NO2. The Balaban J connectivity index is 0.00000259. The molecule has 0 heterocycles. The van der Waals surface area contributed by atoms with E-state index in [0.29, 0.717) is 5.75 Å². The maximum Gasteiger partial charge on any atom is 0.292 e. The molecule has 4 aromatic carbocycles. The third-order valence-electron chi connectivity index (χ3n) is 6.42. The number of aryl methyl sites for hydroxylation is 2. The molecular weight excluding hydrogens is 406 g/mol. The molecule has 1 aliphatic rings. The number of fused-ring (bicyclic) bond motifs is 3. The van der Waals surface area contributed by atoms with Gasteiger partial charge in [0, 0.05) is 0 Å². The number of ether oxygens (including phenoxy) is 2. The molecule has 0 aromatic heterocycles. The Bertz CT molecular complexity index is 1290. The summed E-state index contributed by atoms with van der Waals surface area (Å²) < 4.78 is 10.5. The van der Waals surface area contributed by atoms with Crippen molar-refractivity contribution in [1.29, 1.82) is 5.26 Å². The van der Waals surface area contributed by atoms with E-state index in [-0.39, 0.29) is 7.43 Å². The Labute approximate surface area is 195 Å². The van der Waals surface area contributed by atoms with E-state index in [1.807, 2.05) is 24.3 Å². The maximum absolute atomic E-state index is 8.92. The number of nitrogens with zero attached hydrogens (tertiary/aromatic N) is 1. The fourth-order valence-corrected chi connectivity index (χ4v) is 5.01. The largest absolute Gasteiger partial charge is 0.497 e. The third kappa shape index (κ3) is 3.36. The fourth-order valence-electron chi connectivity index (χ4n) is 5.01. The Kier molecular flexibility index (Phi) is 5.70. The Morgan fingerprint density at radius 2 is 1.12 bits per heavy atom. The average Bonchev–Trinajstić information content (AvgIpc) is 3.09. The van der Waals surface area contributed by atoms with Crippen molar-refractivity contribution in [3.8, 4) is 28.9 Å². The summed E-state index contributed by atoms with van der Waals surface area (Å²) in [4.78, 5) is 0. The Morgan fingerprint density at radius 1 is 0.667 bits per heavy atom. The predicted molar refractivity (Wildman–Crippen MR) is 133 cm³/mol. The minimum absolute atomic E-state index is 0. The van der Waals surface area contributed by atoms with Gasteiger partial charge in [0.1, 0.15) is 11.5 Å². The Hall–Kier alpha value is -4.03. The summed E-state index contributed by atoms with van der Waals surface area (Å²) in [5, 5.41) is 8.92. The molecule has 0 unspecified atom stereocenters. The van der Waals surface area contributed by atoms with Crippen molar-refractivity contribution in [3.63, 3.8) is 0 Å². The van der Waals surface area contributed by atoms with E-state index in [0.717, 1.165) is 11.3 Å². The fraction of sp³-hybridized carbons (Fsp3) is 0.167. The highest BCUT2D eigenvalue weighted by molar-refractivity contribution is 5.86. The van der Waals surface area contributed by atoms with Gasteiger partial charge in [-0.25, -0.2) is 0 Å². The molecule has 0 aliphatic heterocycles. The molecule has 3 nitrogen and oxygen atoms in total. The van der Waals surface area contributed by atoms with Crippen LogP contribution in [0.4, 0.5) is 0 Å². The summed E-state index contributed by atoms with van der Waals surface area (Å²) >= 11 is 0. The maximum atomic E-state index is 8.92. The zero-order valence-corrected chi connectivity index (χ0v) is 18.3. The lowest BCUT2D eigenvalue weighted by Gasteiger charge is -2.34. The molecule has 0 radical (unpaired) electrons. The van der Waals surface area contributed by atoms with Crippen molar-refractivity contribution in [1.82, 2.24) is 0 Å². The molecule has 0 fully saturated rings. The first kappa shape index (κ1) is 22.2. The van der Waals surface area contributed by atoms with Gasteiger partial charge in [-0.2, -0.15) is 0 Å². The number of rotatable bonds is 4. The SMILES string of the molecule is C.COc1ccc(C2(c3ccc(OC#N)cc3)c3cc(C)ccc3-c3ccc(C)cc32)cc1. The van der Waals surface area contributed by atoms with Gasteiger partial charge < -0.3 is 9.47 Å². The molecule has 33 heavy (non-hydrogen) atoms. The van der Waals surface area contributed by atoms with E-state index in [1.165, 1.54) is 38.9 Å². The van der Waals surface area contributed by atoms with Crippen LogP contribution < -0.4 is 9.47 Å². The van der Waals surface area contributed by atoms with Crippen LogP contribution in [0.5, 0.6) is 11.5 Å². The van der Waals surface area contributed by atoms with Crippen LogP contribution in [0, 0.1) is 25.4 Å². The van der Waals surface area contributed by atoms with Crippen molar-refractivity contribution in [2.24, 2.45) is 0 Å². The van der Waals surface area contributed by atoms with E-state index in [1.54, 1.807) is 13.4 Å². The van der Waals surface area contributed by atoms with E-state index in [2.05, 4.69) is 74.5 Å². The zero-order valence-electron chi connectivity index (χ0n) is 18.3. The van der Waals surface area contributed by atoms with Gasteiger partial charge in [0.25, 0.3) is 6.26 Å². The first-order valence-electron chi connectivity index (χ1n) is 10.6. The molecule has 0 saturated carbocycles. The van der Waals surface area contributed by atoms with Gasteiger partial charge in [0.2, 0.25) is 0 Å². The van der Waals surface area contributed by atoms with Crippen molar-refractivity contribution < 1.29 is 9.47 Å². The molecule has 0 spiro atoms. The molecule has 4 aromatic rings. The molecule has 3 heteroatoms. The molecule has 0 N–H and O–H groups in total. The summed E-state index contributed by atoms with van der Waals surface area (Å²) in [6.07, 6.45) is 1.76.